The zero-order chi connectivity index (χ0) is 24.4. The number of nitrogens with two attached hydrogens (primary N) is 2. The molecule has 0 fully saturated rings. The highest BCUT2D eigenvalue weighted by molar-refractivity contribution is 7.97. The Morgan fingerprint density at radius 3 is 2.63 bits per heavy atom. The second-order valence-corrected chi connectivity index (χ2v) is 8.76. The number of hydrogen-bond donors (Lipinski definition) is 3. The zero-order valence-corrected chi connectivity index (χ0v) is 19.3. The summed E-state index contributed by atoms with van der Waals surface area (Å²) in [5.41, 5.74) is 9.63. The lowest BCUT2D eigenvalue weighted by Gasteiger charge is -2.10. The molecule has 0 aliphatic heterocycles. The van der Waals surface area contributed by atoms with Gasteiger partial charge in [0.25, 0.3) is 5.91 Å². The molecule has 5 N–H and O–H groups in total. The van der Waals surface area contributed by atoms with E-state index in [4.69, 9.17) is 10.9 Å². The number of carbonyl (C=O) groups excluding carboxylic acids is 1. The van der Waals surface area contributed by atoms with Crippen molar-refractivity contribution in [3.05, 3.63) is 101 Å². The molecule has 0 saturated heterocycles. The number of rotatable bonds is 6. The number of amides is 1. The van der Waals surface area contributed by atoms with Gasteiger partial charge in [-0.05, 0) is 70.9 Å². The third kappa shape index (κ3) is 4.91. The topological polar surface area (TPSA) is 120 Å². The van der Waals surface area contributed by atoms with Gasteiger partial charge in [-0.25, -0.2) is 9.37 Å². The van der Waals surface area contributed by atoms with E-state index >= 15 is 0 Å². The maximum absolute atomic E-state index is 13.7. The highest BCUT2D eigenvalue weighted by Gasteiger charge is 2.11. The molecule has 0 unspecified atom stereocenters. The lowest BCUT2D eigenvalue weighted by molar-refractivity contribution is 0.0950. The first kappa shape index (κ1) is 22.7. The van der Waals surface area contributed by atoms with Gasteiger partial charge in [-0.1, -0.05) is 12.1 Å². The minimum Gasteiger partial charge on any atom is -0.383 e. The molecule has 5 rings (SSSR count). The molecule has 0 radical (unpaired) electrons. The average Bonchev–Trinajstić information content (AvgIpc) is 2.86. The molecule has 3 heterocycles. The molecule has 0 aliphatic carbocycles. The number of anilines is 1. The van der Waals surface area contributed by atoms with Crippen molar-refractivity contribution >= 4 is 45.3 Å². The third-order valence-electron chi connectivity index (χ3n) is 5.68. The van der Waals surface area contributed by atoms with Crippen LogP contribution in [0.25, 0.3) is 21.7 Å². The highest BCUT2D eigenvalue weighted by Crippen LogP contribution is 2.27. The van der Waals surface area contributed by atoms with Crippen molar-refractivity contribution < 1.29 is 9.18 Å². The van der Waals surface area contributed by atoms with Crippen molar-refractivity contribution in [2.45, 2.75) is 17.9 Å². The number of hydrogen-bond acceptors (Lipinski definition) is 7. The van der Waals surface area contributed by atoms with E-state index in [9.17, 15) is 9.18 Å². The van der Waals surface area contributed by atoms with Gasteiger partial charge in [0, 0.05) is 52.3 Å². The third-order valence-corrected chi connectivity index (χ3v) is 6.24. The second kappa shape index (κ2) is 9.65. The fourth-order valence-electron chi connectivity index (χ4n) is 4.01. The Balaban J connectivity index is 1.32. The maximum atomic E-state index is 13.7. The molecule has 0 spiro atoms. The second-order valence-electron chi connectivity index (χ2n) is 8.08. The summed E-state index contributed by atoms with van der Waals surface area (Å²) in [5, 5.41) is 11.3. The Hall–Kier alpha value is -4.08. The van der Waals surface area contributed by atoms with Gasteiger partial charge in [0.15, 0.2) is 0 Å². The fraction of sp³-hybridized carbons (Fsp3) is 0.0769. The zero-order valence-electron chi connectivity index (χ0n) is 18.5. The predicted molar refractivity (Wildman–Crippen MR) is 136 cm³/mol. The minimum atomic E-state index is -0.411. The number of nitrogens with one attached hydrogen (secondary N) is 1. The largest absolute Gasteiger partial charge is 0.383 e. The van der Waals surface area contributed by atoms with E-state index in [0.717, 1.165) is 38.7 Å². The SMILES string of the molecule is NSc1cc(Cc2cc(C(=O)NCc3ccc4c(N)nccc4c3)ccn2)cc2cc(F)cnc12. The average molecular weight is 485 g/mol. The summed E-state index contributed by atoms with van der Waals surface area (Å²) in [6, 6.07) is 16.3. The van der Waals surface area contributed by atoms with Crippen LogP contribution in [0.1, 0.15) is 27.2 Å². The molecule has 9 heteroatoms. The monoisotopic (exact) mass is 484 g/mol. The molecule has 174 valence electrons. The highest BCUT2D eigenvalue weighted by atomic mass is 32.2. The van der Waals surface area contributed by atoms with Crippen LogP contribution in [0.15, 0.2) is 78.1 Å². The van der Waals surface area contributed by atoms with Crippen LogP contribution in [-0.2, 0) is 13.0 Å². The van der Waals surface area contributed by atoms with Crippen LogP contribution in [0.5, 0.6) is 0 Å². The standard InChI is InChI=1S/C26H21FN6OS/c27-20-11-19-8-16(10-23(35-29)24(19)32-14-20)9-21-12-18(4-5-30-21)26(34)33-13-15-1-2-22-17(7-15)3-6-31-25(22)28/h1-8,10-12,14H,9,13,29H2,(H2,28,31)(H,33,34). The van der Waals surface area contributed by atoms with E-state index in [1.807, 2.05) is 36.4 Å². The molecule has 2 aromatic carbocycles. The van der Waals surface area contributed by atoms with E-state index in [0.29, 0.717) is 40.9 Å². The van der Waals surface area contributed by atoms with Gasteiger partial charge >= 0.3 is 0 Å². The summed E-state index contributed by atoms with van der Waals surface area (Å²) < 4.78 is 13.7. The molecular formula is C26H21FN6OS. The van der Waals surface area contributed by atoms with Gasteiger partial charge in [0.2, 0.25) is 0 Å². The van der Waals surface area contributed by atoms with Crippen LogP contribution in [-0.4, -0.2) is 20.9 Å². The van der Waals surface area contributed by atoms with E-state index in [1.165, 1.54) is 12.3 Å². The Bertz CT molecular complexity index is 1580. The van der Waals surface area contributed by atoms with Gasteiger partial charge in [-0.2, -0.15) is 0 Å². The summed E-state index contributed by atoms with van der Waals surface area (Å²) in [6.07, 6.45) is 4.91. The molecule has 5 aromatic rings. The number of nitrogen functional groups attached to an aromatic ring is 1. The Morgan fingerprint density at radius 1 is 0.943 bits per heavy atom. The molecule has 3 aromatic heterocycles. The van der Waals surface area contributed by atoms with Gasteiger partial charge in [-0.15, -0.1) is 0 Å². The Morgan fingerprint density at radius 2 is 1.77 bits per heavy atom. The van der Waals surface area contributed by atoms with Gasteiger partial charge in [0.1, 0.15) is 11.6 Å². The van der Waals surface area contributed by atoms with Crippen molar-refractivity contribution in [2.75, 3.05) is 5.73 Å². The van der Waals surface area contributed by atoms with Gasteiger partial charge in [0.05, 0.1) is 11.7 Å². The van der Waals surface area contributed by atoms with Crippen LogP contribution in [0.3, 0.4) is 0 Å². The minimum absolute atomic E-state index is 0.203. The summed E-state index contributed by atoms with van der Waals surface area (Å²) in [6.45, 7) is 0.370. The van der Waals surface area contributed by atoms with Crippen molar-refractivity contribution in [3.8, 4) is 0 Å². The predicted octanol–water partition coefficient (Wildman–Crippen LogP) is 4.39. The van der Waals surface area contributed by atoms with E-state index in [2.05, 4.69) is 20.3 Å². The van der Waals surface area contributed by atoms with Crippen molar-refractivity contribution in [1.82, 2.24) is 20.3 Å². The first-order valence-electron chi connectivity index (χ1n) is 10.8. The maximum Gasteiger partial charge on any atom is 0.251 e. The number of pyridine rings is 3. The van der Waals surface area contributed by atoms with Gasteiger partial charge in [-0.3, -0.25) is 19.9 Å². The summed E-state index contributed by atoms with van der Waals surface area (Å²) in [5.74, 6) is -0.135. The normalized spacial score (nSPS) is 11.1. The summed E-state index contributed by atoms with van der Waals surface area (Å²) >= 11 is 1.06. The summed E-state index contributed by atoms with van der Waals surface area (Å²) in [7, 11) is 0. The molecule has 7 nitrogen and oxygen atoms in total. The molecule has 0 bridgehead atoms. The molecule has 0 atom stereocenters. The van der Waals surface area contributed by atoms with Crippen LogP contribution < -0.4 is 16.2 Å². The first-order valence-corrected chi connectivity index (χ1v) is 11.7. The molecule has 35 heavy (non-hydrogen) atoms. The number of nitrogens with zero attached hydrogens (tertiary/aromatic N) is 3. The van der Waals surface area contributed by atoms with E-state index < -0.39 is 5.82 Å². The smallest absolute Gasteiger partial charge is 0.251 e. The lowest BCUT2D eigenvalue weighted by Crippen LogP contribution is -2.23. The Kier molecular flexibility index (Phi) is 6.26. The quantitative estimate of drug-likeness (QED) is 0.306. The van der Waals surface area contributed by atoms with Crippen LogP contribution in [0, 0.1) is 5.82 Å². The lowest BCUT2D eigenvalue weighted by atomic mass is 10.0. The number of benzene rings is 2. The first-order chi connectivity index (χ1) is 17.0. The van der Waals surface area contributed by atoms with Crippen molar-refractivity contribution in [1.29, 1.82) is 0 Å². The number of aromatic nitrogens is 3. The van der Waals surface area contributed by atoms with Crippen molar-refractivity contribution in [3.63, 3.8) is 0 Å². The van der Waals surface area contributed by atoms with Gasteiger partial charge < -0.3 is 11.1 Å². The van der Waals surface area contributed by atoms with Crippen LogP contribution in [0.4, 0.5) is 10.2 Å². The number of carbonyl (C=O) groups is 1. The van der Waals surface area contributed by atoms with E-state index in [-0.39, 0.29) is 5.91 Å². The number of halogens is 1. The molecule has 0 saturated carbocycles. The van der Waals surface area contributed by atoms with Crippen molar-refractivity contribution in [2.24, 2.45) is 5.14 Å². The summed E-state index contributed by atoms with van der Waals surface area (Å²) in [4.78, 5) is 26.2. The Labute approximate surface area is 204 Å². The molecule has 1 amide bonds. The molecular weight excluding hydrogens is 463 g/mol. The van der Waals surface area contributed by atoms with Crippen LogP contribution >= 0.6 is 11.9 Å². The number of fused-ring (bicyclic) bond motifs is 2. The van der Waals surface area contributed by atoms with E-state index in [1.54, 1.807) is 24.5 Å². The molecule has 0 aliphatic rings. The fourth-order valence-corrected chi connectivity index (χ4v) is 4.51. The van der Waals surface area contributed by atoms with Crippen LogP contribution in [0.2, 0.25) is 0 Å².